The largest absolute Gasteiger partial charge is 0.383 e. The second-order valence-corrected chi connectivity index (χ2v) is 8.01. The summed E-state index contributed by atoms with van der Waals surface area (Å²) in [7, 11) is 0. The van der Waals surface area contributed by atoms with Gasteiger partial charge in [-0.05, 0) is 24.5 Å². The summed E-state index contributed by atoms with van der Waals surface area (Å²) in [5, 5.41) is 4.26. The molecule has 34 heavy (non-hydrogen) atoms. The molecule has 1 amide bonds. The molecule has 0 radical (unpaired) electrons. The normalized spacial score (nSPS) is 10.9. The van der Waals surface area contributed by atoms with Crippen molar-refractivity contribution in [3.8, 4) is 0 Å². The van der Waals surface area contributed by atoms with Crippen LogP contribution >= 0.6 is 0 Å². The molecular weight excluding hydrogens is 436 g/mol. The molecule has 0 fully saturated rings. The summed E-state index contributed by atoms with van der Waals surface area (Å²) in [6.07, 6.45) is 2.87. The summed E-state index contributed by atoms with van der Waals surface area (Å²) < 4.78 is 2.48. The van der Waals surface area contributed by atoms with E-state index in [2.05, 4.69) is 10.1 Å². The van der Waals surface area contributed by atoms with Crippen LogP contribution in [0.2, 0.25) is 0 Å². The van der Waals surface area contributed by atoms with E-state index >= 15 is 0 Å². The van der Waals surface area contributed by atoms with E-state index in [9.17, 15) is 19.2 Å². The molecule has 10 heteroatoms. The van der Waals surface area contributed by atoms with Crippen molar-refractivity contribution in [3.05, 3.63) is 84.9 Å². The summed E-state index contributed by atoms with van der Waals surface area (Å²) in [5.41, 5.74) is 5.30. The Morgan fingerprint density at radius 2 is 1.74 bits per heavy atom. The number of carbonyl (C=O) groups excluding carboxylic acids is 1. The zero-order valence-corrected chi connectivity index (χ0v) is 19.5. The number of anilines is 2. The molecule has 3 rings (SSSR count). The Hall–Kier alpha value is -3.95. The third kappa shape index (κ3) is 5.51. The van der Waals surface area contributed by atoms with Crippen molar-refractivity contribution in [1.29, 1.82) is 0 Å². The number of nitrogens with one attached hydrogen (secondary N) is 1. The van der Waals surface area contributed by atoms with Gasteiger partial charge in [-0.3, -0.25) is 28.8 Å². The van der Waals surface area contributed by atoms with Gasteiger partial charge in [-0.2, -0.15) is 5.10 Å². The summed E-state index contributed by atoms with van der Waals surface area (Å²) in [5.74, 6) is -0.641. The number of aromatic amines is 1. The van der Waals surface area contributed by atoms with Crippen LogP contribution in [0, 0.1) is 0 Å². The number of rotatable bonds is 10. The summed E-state index contributed by atoms with van der Waals surface area (Å²) in [4.78, 5) is 54.5. The van der Waals surface area contributed by atoms with E-state index in [1.165, 1.54) is 26.3 Å². The van der Waals surface area contributed by atoms with Crippen LogP contribution < -0.4 is 27.4 Å². The third-order valence-corrected chi connectivity index (χ3v) is 5.46. The van der Waals surface area contributed by atoms with Crippen molar-refractivity contribution < 1.29 is 4.79 Å². The molecule has 0 aliphatic rings. The fraction of sp³-hybridized carbons (Fsp3) is 0.375. The number of nitrogens with zero attached hydrogens (tertiary/aromatic N) is 4. The molecule has 0 saturated carbocycles. The zero-order valence-electron chi connectivity index (χ0n) is 19.5. The number of hydrogen-bond acceptors (Lipinski definition) is 6. The molecule has 0 aliphatic heterocycles. The van der Waals surface area contributed by atoms with Crippen LogP contribution in [0.4, 0.5) is 11.5 Å². The van der Waals surface area contributed by atoms with Gasteiger partial charge in [-0.25, -0.2) is 9.48 Å². The molecule has 0 atom stereocenters. The van der Waals surface area contributed by atoms with E-state index in [1.807, 2.05) is 44.2 Å². The molecule has 3 N–H and O–H groups in total. The molecule has 10 nitrogen and oxygen atoms in total. The van der Waals surface area contributed by atoms with Gasteiger partial charge >= 0.3 is 5.69 Å². The minimum Gasteiger partial charge on any atom is -0.383 e. The zero-order chi connectivity index (χ0) is 24.7. The molecule has 0 aliphatic carbocycles. The Morgan fingerprint density at radius 3 is 2.41 bits per heavy atom. The second-order valence-electron chi connectivity index (χ2n) is 8.01. The van der Waals surface area contributed by atoms with E-state index < -0.39 is 17.2 Å². The SMILES string of the molecule is CCCCN(C(=O)c1ccc(=O)n(Cc2ccccc2)n1)c1c(N)n(CCCC)c(=O)[nH]c1=O. The molecule has 1 aromatic carbocycles. The number of nitrogen functional groups attached to an aromatic ring is 1. The van der Waals surface area contributed by atoms with Crippen molar-refractivity contribution in [2.75, 3.05) is 17.2 Å². The van der Waals surface area contributed by atoms with Crippen LogP contribution in [0.15, 0.2) is 56.8 Å². The molecule has 2 aromatic heterocycles. The molecule has 0 spiro atoms. The number of aromatic nitrogens is 4. The van der Waals surface area contributed by atoms with Gasteiger partial charge in [0.15, 0.2) is 5.69 Å². The first-order valence-electron chi connectivity index (χ1n) is 11.4. The predicted molar refractivity (Wildman–Crippen MR) is 131 cm³/mol. The van der Waals surface area contributed by atoms with Crippen molar-refractivity contribution in [3.63, 3.8) is 0 Å². The number of carbonyl (C=O) groups is 1. The fourth-order valence-electron chi connectivity index (χ4n) is 3.58. The summed E-state index contributed by atoms with van der Waals surface area (Å²) in [6.45, 7) is 4.65. The van der Waals surface area contributed by atoms with Gasteiger partial charge < -0.3 is 5.73 Å². The molecule has 2 heterocycles. The lowest BCUT2D eigenvalue weighted by atomic mass is 10.2. The van der Waals surface area contributed by atoms with Gasteiger partial charge in [-0.1, -0.05) is 57.0 Å². The first-order valence-corrected chi connectivity index (χ1v) is 11.4. The van der Waals surface area contributed by atoms with Crippen molar-refractivity contribution >= 4 is 17.4 Å². The average molecular weight is 467 g/mol. The second kappa shape index (κ2) is 11.3. The topological polar surface area (TPSA) is 136 Å². The minimum atomic E-state index is -0.739. The lowest BCUT2D eigenvalue weighted by Crippen LogP contribution is -2.42. The first kappa shape index (κ1) is 24.7. The Balaban J connectivity index is 2.05. The van der Waals surface area contributed by atoms with E-state index in [-0.39, 0.29) is 35.8 Å². The van der Waals surface area contributed by atoms with Gasteiger partial charge in [-0.15, -0.1) is 0 Å². The van der Waals surface area contributed by atoms with Gasteiger partial charge in [0.25, 0.3) is 17.0 Å². The van der Waals surface area contributed by atoms with E-state index in [4.69, 9.17) is 5.73 Å². The standard InChI is InChI=1S/C24H30N6O4/c1-3-5-14-28(20-21(25)29(15-6-4-2)24(34)26-22(20)32)23(33)18-12-13-19(31)30(27-18)16-17-10-8-7-9-11-17/h7-13H,3-6,14-16,25H2,1-2H3,(H,26,32,34). The number of hydrogen-bond donors (Lipinski definition) is 2. The number of amides is 1. The highest BCUT2D eigenvalue weighted by Crippen LogP contribution is 2.20. The maximum Gasteiger partial charge on any atom is 0.330 e. The van der Waals surface area contributed by atoms with Gasteiger partial charge in [0.05, 0.1) is 6.54 Å². The summed E-state index contributed by atoms with van der Waals surface area (Å²) in [6, 6.07) is 11.9. The Kier molecular flexibility index (Phi) is 8.18. The minimum absolute atomic E-state index is 0.00302. The molecular formula is C24H30N6O4. The Morgan fingerprint density at radius 1 is 1.03 bits per heavy atom. The van der Waals surface area contributed by atoms with Crippen LogP contribution in [0.25, 0.3) is 0 Å². The van der Waals surface area contributed by atoms with Crippen LogP contribution in [-0.2, 0) is 13.1 Å². The maximum atomic E-state index is 13.5. The number of unbranched alkanes of at least 4 members (excludes halogenated alkanes) is 2. The smallest absolute Gasteiger partial charge is 0.330 e. The van der Waals surface area contributed by atoms with Crippen molar-refractivity contribution in [1.82, 2.24) is 19.3 Å². The van der Waals surface area contributed by atoms with E-state index in [0.717, 1.165) is 18.4 Å². The fourth-order valence-corrected chi connectivity index (χ4v) is 3.58. The molecule has 0 saturated heterocycles. The Bertz CT molecular complexity index is 1310. The molecule has 180 valence electrons. The first-order chi connectivity index (χ1) is 16.4. The van der Waals surface area contributed by atoms with E-state index in [1.54, 1.807) is 0 Å². The van der Waals surface area contributed by atoms with Gasteiger partial charge in [0, 0.05) is 19.2 Å². The lowest BCUT2D eigenvalue weighted by Gasteiger charge is -2.24. The van der Waals surface area contributed by atoms with Gasteiger partial charge in [0.1, 0.15) is 11.5 Å². The van der Waals surface area contributed by atoms with Crippen LogP contribution in [0.1, 0.15) is 55.6 Å². The number of H-pyrrole nitrogens is 1. The summed E-state index contributed by atoms with van der Waals surface area (Å²) >= 11 is 0. The number of nitrogens with two attached hydrogens (primary N) is 1. The van der Waals surface area contributed by atoms with Crippen molar-refractivity contribution in [2.24, 2.45) is 0 Å². The van der Waals surface area contributed by atoms with E-state index in [0.29, 0.717) is 19.4 Å². The monoisotopic (exact) mass is 466 g/mol. The molecule has 0 bridgehead atoms. The number of benzene rings is 1. The maximum absolute atomic E-state index is 13.5. The van der Waals surface area contributed by atoms with Crippen LogP contribution in [0.5, 0.6) is 0 Å². The highest BCUT2D eigenvalue weighted by molar-refractivity contribution is 6.05. The van der Waals surface area contributed by atoms with Crippen LogP contribution in [-0.4, -0.2) is 31.8 Å². The highest BCUT2D eigenvalue weighted by atomic mass is 16.2. The third-order valence-electron chi connectivity index (χ3n) is 5.46. The van der Waals surface area contributed by atoms with Crippen LogP contribution in [0.3, 0.4) is 0 Å². The highest BCUT2D eigenvalue weighted by Gasteiger charge is 2.26. The molecule has 3 aromatic rings. The average Bonchev–Trinajstić information content (AvgIpc) is 2.82. The Labute approximate surface area is 196 Å². The van der Waals surface area contributed by atoms with Gasteiger partial charge in [0.2, 0.25) is 0 Å². The lowest BCUT2D eigenvalue weighted by molar-refractivity contribution is 0.0979. The van der Waals surface area contributed by atoms with Crippen molar-refractivity contribution in [2.45, 2.75) is 52.6 Å². The quantitative estimate of drug-likeness (QED) is 0.469. The predicted octanol–water partition coefficient (Wildman–Crippen LogP) is 1.97. The molecule has 0 unspecified atom stereocenters.